The van der Waals surface area contributed by atoms with Gasteiger partial charge >= 0.3 is 6.03 Å². The molecule has 1 rings (SSSR count). The number of nitrogens with one attached hydrogen (secondary N) is 1. The molecule has 0 aliphatic carbocycles. The second kappa shape index (κ2) is 4.28. The molecule has 1 aromatic rings. The number of primary sulfonamides is 1. The van der Waals surface area contributed by atoms with Gasteiger partial charge in [-0.2, -0.15) is 0 Å². The number of rotatable bonds is 3. The normalized spacial score (nSPS) is 11.0. The Kier molecular flexibility index (Phi) is 3.28. The molecule has 0 aliphatic heterocycles. The zero-order valence-electron chi connectivity index (χ0n) is 7.80. The van der Waals surface area contributed by atoms with E-state index in [0.717, 1.165) is 0 Å². The van der Waals surface area contributed by atoms with Crippen LogP contribution in [0.5, 0.6) is 0 Å². The number of amides is 2. The van der Waals surface area contributed by atoms with Gasteiger partial charge < -0.3 is 11.1 Å². The Morgan fingerprint density at radius 1 is 1.27 bits per heavy atom. The van der Waals surface area contributed by atoms with Crippen LogP contribution in [0.2, 0.25) is 0 Å². The van der Waals surface area contributed by atoms with Crippen LogP contribution in [-0.2, 0) is 15.8 Å². The van der Waals surface area contributed by atoms with E-state index in [4.69, 9.17) is 10.9 Å². The van der Waals surface area contributed by atoms with Crippen molar-refractivity contribution in [3.63, 3.8) is 0 Å². The summed E-state index contributed by atoms with van der Waals surface area (Å²) in [5.74, 6) is -0.232. The quantitative estimate of drug-likeness (QED) is 0.675. The van der Waals surface area contributed by atoms with E-state index in [0.29, 0.717) is 11.3 Å². The minimum Gasteiger partial charge on any atom is -0.351 e. The van der Waals surface area contributed by atoms with Crippen molar-refractivity contribution in [2.45, 2.75) is 5.75 Å². The molecule has 0 spiro atoms. The van der Waals surface area contributed by atoms with Crippen LogP contribution in [0.25, 0.3) is 0 Å². The Balaban J connectivity index is 2.77. The molecule has 0 unspecified atom stereocenters. The summed E-state index contributed by atoms with van der Waals surface area (Å²) >= 11 is 0. The van der Waals surface area contributed by atoms with E-state index in [2.05, 4.69) is 5.32 Å². The Morgan fingerprint density at radius 2 is 1.80 bits per heavy atom. The van der Waals surface area contributed by atoms with Gasteiger partial charge in [-0.15, -0.1) is 0 Å². The lowest BCUT2D eigenvalue weighted by Crippen LogP contribution is -2.19. The van der Waals surface area contributed by atoms with Gasteiger partial charge in [0.05, 0.1) is 5.75 Å². The maximum absolute atomic E-state index is 10.8. The molecule has 15 heavy (non-hydrogen) atoms. The topological polar surface area (TPSA) is 115 Å². The van der Waals surface area contributed by atoms with Gasteiger partial charge in [0, 0.05) is 5.69 Å². The SMILES string of the molecule is NC(=O)Nc1ccc(CS(N)(=O)=O)cc1. The van der Waals surface area contributed by atoms with E-state index in [1.54, 1.807) is 24.3 Å². The third-order valence-corrected chi connectivity index (χ3v) is 2.33. The molecule has 0 saturated carbocycles. The fourth-order valence-electron chi connectivity index (χ4n) is 1.06. The number of urea groups is 1. The zero-order chi connectivity index (χ0) is 11.5. The van der Waals surface area contributed by atoms with Crippen LogP contribution < -0.4 is 16.2 Å². The molecule has 0 aromatic heterocycles. The van der Waals surface area contributed by atoms with E-state index in [1.165, 1.54) is 0 Å². The number of carbonyl (C=O) groups is 1. The fourth-order valence-corrected chi connectivity index (χ4v) is 1.72. The van der Waals surface area contributed by atoms with Crippen LogP contribution in [0, 0.1) is 0 Å². The largest absolute Gasteiger partial charge is 0.351 e. The predicted octanol–water partition coefficient (Wildman–Crippen LogP) is -0.0343. The van der Waals surface area contributed by atoms with Crippen molar-refractivity contribution in [2.75, 3.05) is 5.32 Å². The molecule has 0 heterocycles. The molecule has 5 N–H and O–H groups in total. The first-order chi connectivity index (χ1) is 6.87. The van der Waals surface area contributed by atoms with Gasteiger partial charge in [-0.1, -0.05) is 12.1 Å². The van der Waals surface area contributed by atoms with Gasteiger partial charge in [0.25, 0.3) is 0 Å². The number of sulfonamides is 1. The number of anilines is 1. The molecule has 0 fully saturated rings. The molecule has 6 nitrogen and oxygen atoms in total. The summed E-state index contributed by atoms with van der Waals surface area (Å²) in [7, 11) is -3.53. The highest BCUT2D eigenvalue weighted by Crippen LogP contribution is 2.10. The summed E-state index contributed by atoms with van der Waals surface area (Å²) in [6.07, 6.45) is 0. The standard InChI is InChI=1S/C8H11N3O3S/c9-8(12)11-7-3-1-6(2-4-7)5-15(10,13)14/h1-4H,5H2,(H3,9,11,12)(H2,10,13,14). The molecule has 82 valence electrons. The van der Waals surface area contributed by atoms with Gasteiger partial charge in [0.2, 0.25) is 10.0 Å². The van der Waals surface area contributed by atoms with Gasteiger partial charge in [0.1, 0.15) is 0 Å². The Morgan fingerprint density at radius 3 is 2.20 bits per heavy atom. The van der Waals surface area contributed by atoms with Gasteiger partial charge in [-0.3, -0.25) is 0 Å². The summed E-state index contributed by atoms with van der Waals surface area (Å²) in [6.45, 7) is 0. The second-order valence-electron chi connectivity index (χ2n) is 2.99. The Hall–Kier alpha value is -1.60. The van der Waals surface area contributed by atoms with E-state index >= 15 is 0 Å². The Labute approximate surface area is 87.3 Å². The third kappa shape index (κ3) is 4.43. The smallest absolute Gasteiger partial charge is 0.316 e. The molecule has 7 heteroatoms. The number of nitrogens with two attached hydrogens (primary N) is 2. The van der Waals surface area contributed by atoms with Gasteiger partial charge in [0.15, 0.2) is 0 Å². The first-order valence-corrected chi connectivity index (χ1v) is 5.74. The van der Waals surface area contributed by atoms with Crippen LogP contribution >= 0.6 is 0 Å². The molecule has 1 aromatic carbocycles. The summed E-state index contributed by atoms with van der Waals surface area (Å²) in [5, 5.41) is 7.22. The van der Waals surface area contributed by atoms with Crippen molar-refractivity contribution in [2.24, 2.45) is 10.9 Å². The number of hydrogen-bond donors (Lipinski definition) is 3. The molecular formula is C8H11N3O3S. The van der Waals surface area contributed by atoms with Crippen molar-refractivity contribution in [1.82, 2.24) is 0 Å². The summed E-state index contributed by atoms with van der Waals surface area (Å²) < 4.78 is 21.5. The highest BCUT2D eigenvalue weighted by Gasteiger charge is 2.04. The third-order valence-electron chi connectivity index (χ3n) is 1.59. The molecule has 0 saturated heterocycles. The zero-order valence-corrected chi connectivity index (χ0v) is 8.62. The average molecular weight is 229 g/mol. The lowest BCUT2D eigenvalue weighted by molar-refractivity contribution is 0.259. The number of carbonyl (C=O) groups excluding carboxylic acids is 1. The second-order valence-corrected chi connectivity index (χ2v) is 4.61. The minimum absolute atomic E-state index is 0.232. The molecule has 2 amide bonds. The van der Waals surface area contributed by atoms with Crippen LogP contribution in [0.3, 0.4) is 0 Å². The molecule has 0 atom stereocenters. The maximum atomic E-state index is 10.8. The maximum Gasteiger partial charge on any atom is 0.316 e. The summed E-state index contributed by atoms with van der Waals surface area (Å²) in [5.41, 5.74) is 5.95. The van der Waals surface area contributed by atoms with Crippen molar-refractivity contribution in [1.29, 1.82) is 0 Å². The first-order valence-electron chi connectivity index (χ1n) is 4.03. The van der Waals surface area contributed by atoms with E-state index < -0.39 is 16.1 Å². The van der Waals surface area contributed by atoms with Crippen LogP contribution in [-0.4, -0.2) is 14.4 Å². The Bertz CT molecular complexity index is 453. The highest BCUT2D eigenvalue weighted by atomic mass is 32.2. The lowest BCUT2D eigenvalue weighted by Gasteiger charge is -2.03. The molecule has 0 aliphatic rings. The lowest BCUT2D eigenvalue weighted by atomic mass is 10.2. The van der Waals surface area contributed by atoms with Crippen molar-refractivity contribution >= 4 is 21.7 Å². The molecule has 0 radical (unpaired) electrons. The van der Waals surface area contributed by atoms with Crippen molar-refractivity contribution in [3.8, 4) is 0 Å². The summed E-state index contributed by atoms with van der Waals surface area (Å²) in [4.78, 5) is 10.5. The molecular weight excluding hydrogens is 218 g/mol. The van der Waals surface area contributed by atoms with Crippen molar-refractivity contribution in [3.05, 3.63) is 29.8 Å². The van der Waals surface area contributed by atoms with Crippen LogP contribution in [0.1, 0.15) is 5.56 Å². The van der Waals surface area contributed by atoms with Crippen LogP contribution in [0.15, 0.2) is 24.3 Å². The van der Waals surface area contributed by atoms with E-state index in [-0.39, 0.29) is 5.75 Å². The monoisotopic (exact) mass is 229 g/mol. The van der Waals surface area contributed by atoms with Crippen LogP contribution in [0.4, 0.5) is 10.5 Å². The number of hydrogen-bond acceptors (Lipinski definition) is 3. The predicted molar refractivity (Wildman–Crippen MR) is 56.5 cm³/mol. The molecule has 0 bridgehead atoms. The first kappa shape index (κ1) is 11.5. The number of benzene rings is 1. The number of primary amides is 1. The highest BCUT2D eigenvalue weighted by molar-refractivity contribution is 7.88. The summed E-state index contributed by atoms with van der Waals surface area (Å²) in [6, 6.07) is 5.52. The van der Waals surface area contributed by atoms with E-state index in [9.17, 15) is 13.2 Å². The fraction of sp³-hybridized carbons (Fsp3) is 0.125. The minimum atomic E-state index is -3.53. The average Bonchev–Trinajstić information content (AvgIpc) is 2.05. The van der Waals surface area contributed by atoms with Gasteiger partial charge in [-0.25, -0.2) is 18.4 Å². The van der Waals surface area contributed by atoms with Crippen molar-refractivity contribution < 1.29 is 13.2 Å². The van der Waals surface area contributed by atoms with Gasteiger partial charge in [-0.05, 0) is 17.7 Å². The van der Waals surface area contributed by atoms with E-state index in [1.807, 2.05) is 0 Å².